The van der Waals surface area contributed by atoms with Crippen LogP contribution in [0, 0.1) is 0 Å². The van der Waals surface area contributed by atoms with E-state index in [-0.39, 0.29) is 5.54 Å². The fraction of sp³-hybridized carbons (Fsp3) is 0.379. The number of rotatable bonds is 6. The molecule has 3 aromatic carbocycles. The number of H-pyrrole nitrogens is 1. The molecule has 0 saturated heterocycles. The summed E-state index contributed by atoms with van der Waals surface area (Å²) < 4.78 is 0. The molecule has 0 bridgehead atoms. The average Bonchev–Trinajstić information content (AvgIpc) is 3.22. The van der Waals surface area contributed by atoms with Gasteiger partial charge >= 0.3 is 0 Å². The van der Waals surface area contributed by atoms with Crippen LogP contribution in [0.4, 0.5) is 0 Å². The molecular formula is C29H35N3. The minimum atomic E-state index is 0.127. The van der Waals surface area contributed by atoms with Crippen LogP contribution in [0.15, 0.2) is 72.9 Å². The molecule has 1 aliphatic carbocycles. The van der Waals surface area contributed by atoms with Crippen LogP contribution >= 0.6 is 0 Å². The predicted molar refractivity (Wildman–Crippen MR) is 136 cm³/mol. The number of aromatic nitrogens is 1. The monoisotopic (exact) mass is 425 g/mol. The first kappa shape index (κ1) is 21.2. The van der Waals surface area contributed by atoms with Crippen LogP contribution in [0.3, 0.4) is 0 Å². The zero-order valence-electron chi connectivity index (χ0n) is 19.6. The lowest BCUT2D eigenvalue weighted by Crippen LogP contribution is -2.49. The standard InChI is InChI=1S/C29H35N3/c1-21(18-24-20-30-28-11-7-6-10-27(24)28)31-26-14-16-29(17-15-26,32(2)3)25-13-12-22-8-4-5-9-23(22)19-25/h4-13,19-21,26,30-31H,14-18H2,1-3H3. The van der Waals surface area contributed by atoms with Crippen molar-refractivity contribution in [2.75, 3.05) is 14.1 Å². The van der Waals surface area contributed by atoms with E-state index in [0.29, 0.717) is 12.1 Å². The summed E-state index contributed by atoms with van der Waals surface area (Å²) in [5.74, 6) is 0. The Morgan fingerprint density at radius 2 is 1.69 bits per heavy atom. The van der Waals surface area contributed by atoms with Crippen molar-refractivity contribution >= 4 is 21.7 Å². The molecule has 0 spiro atoms. The van der Waals surface area contributed by atoms with Crippen LogP contribution in [-0.4, -0.2) is 36.1 Å². The van der Waals surface area contributed by atoms with E-state index in [0.717, 1.165) is 6.42 Å². The van der Waals surface area contributed by atoms with Gasteiger partial charge in [0, 0.05) is 34.7 Å². The second kappa shape index (κ2) is 8.73. The van der Waals surface area contributed by atoms with Gasteiger partial charge in [0.2, 0.25) is 0 Å². The van der Waals surface area contributed by atoms with E-state index in [1.54, 1.807) is 0 Å². The lowest BCUT2D eigenvalue weighted by molar-refractivity contribution is 0.0838. The molecule has 4 aromatic rings. The number of nitrogens with one attached hydrogen (secondary N) is 2. The lowest BCUT2D eigenvalue weighted by atomic mass is 9.73. The van der Waals surface area contributed by atoms with Gasteiger partial charge in [-0.15, -0.1) is 0 Å². The molecule has 1 fully saturated rings. The summed E-state index contributed by atoms with van der Waals surface area (Å²) in [7, 11) is 4.51. The molecule has 1 aliphatic rings. The number of aromatic amines is 1. The van der Waals surface area contributed by atoms with E-state index in [1.807, 2.05) is 0 Å². The molecule has 0 radical (unpaired) electrons. The quantitative estimate of drug-likeness (QED) is 0.383. The summed E-state index contributed by atoms with van der Waals surface area (Å²) in [6.45, 7) is 2.33. The van der Waals surface area contributed by atoms with E-state index < -0.39 is 0 Å². The molecule has 166 valence electrons. The topological polar surface area (TPSA) is 31.1 Å². The second-order valence-corrected chi connectivity index (χ2v) is 9.89. The predicted octanol–water partition coefficient (Wildman–Crippen LogP) is 6.24. The Balaban J connectivity index is 1.27. The van der Waals surface area contributed by atoms with E-state index in [1.165, 1.54) is 58.5 Å². The molecule has 1 aromatic heterocycles. The van der Waals surface area contributed by atoms with Gasteiger partial charge in [-0.25, -0.2) is 0 Å². The third kappa shape index (κ3) is 3.96. The minimum Gasteiger partial charge on any atom is -0.361 e. The molecular weight excluding hydrogens is 390 g/mol. The van der Waals surface area contributed by atoms with Gasteiger partial charge in [-0.05, 0) is 87.2 Å². The smallest absolute Gasteiger partial charge is 0.0456 e. The Hall–Kier alpha value is -2.62. The van der Waals surface area contributed by atoms with Crippen LogP contribution in [0.5, 0.6) is 0 Å². The number of para-hydroxylation sites is 1. The minimum absolute atomic E-state index is 0.127. The Bertz CT molecular complexity index is 1200. The molecule has 1 heterocycles. The van der Waals surface area contributed by atoms with E-state index >= 15 is 0 Å². The zero-order valence-corrected chi connectivity index (χ0v) is 19.6. The first-order chi connectivity index (χ1) is 15.5. The summed E-state index contributed by atoms with van der Waals surface area (Å²) >= 11 is 0. The van der Waals surface area contributed by atoms with Gasteiger partial charge in [0.1, 0.15) is 0 Å². The van der Waals surface area contributed by atoms with Gasteiger partial charge < -0.3 is 10.3 Å². The third-order valence-corrected chi connectivity index (χ3v) is 7.68. The molecule has 3 nitrogen and oxygen atoms in total. The van der Waals surface area contributed by atoms with Crippen molar-refractivity contribution in [2.45, 2.75) is 56.7 Å². The van der Waals surface area contributed by atoms with Crippen LogP contribution in [0.25, 0.3) is 21.7 Å². The fourth-order valence-electron chi connectivity index (χ4n) is 5.83. The van der Waals surface area contributed by atoms with E-state index in [9.17, 15) is 0 Å². The molecule has 1 atom stereocenters. The maximum absolute atomic E-state index is 3.95. The van der Waals surface area contributed by atoms with Gasteiger partial charge in [-0.2, -0.15) is 0 Å². The Morgan fingerprint density at radius 3 is 2.47 bits per heavy atom. The summed E-state index contributed by atoms with van der Waals surface area (Å²) in [6.07, 6.45) is 8.04. The maximum atomic E-state index is 3.95. The number of benzene rings is 3. The van der Waals surface area contributed by atoms with Gasteiger partial charge in [0.15, 0.2) is 0 Å². The highest BCUT2D eigenvalue weighted by molar-refractivity contribution is 5.83. The summed E-state index contributed by atoms with van der Waals surface area (Å²) in [6, 6.07) is 25.4. The van der Waals surface area contributed by atoms with Crippen LogP contribution in [0.2, 0.25) is 0 Å². The normalized spacial score (nSPS) is 22.6. The lowest BCUT2D eigenvalue weighted by Gasteiger charge is -2.46. The van der Waals surface area contributed by atoms with E-state index in [2.05, 4.69) is 109 Å². The van der Waals surface area contributed by atoms with Crippen molar-refractivity contribution in [1.29, 1.82) is 0 Å². The van der Waals surface area contributed by atoms with E-state index in [4.69, 9.17) is 0 Å². The van der Waals surface area contributed by atoms with Crippen LogP contribution < -0.4 is 5.32 Å². The molecule has 1 saturated carbocycles. The molecule has 0 aliphatic heterocycles. The van der Waals surface area contributed by atoms with Crippen molar-refractivity contribution in [3.8, 4) is 0 Å². The number of hydrogen-bond acceptors (Lipinski definition) is 2. The largest absolute Gasteiger partial charge is 0.361 e. The third-order valence-electron chi connectivity index (χ3n) is 7.68. The SMILES string of the molecule is CC(Cc1c[nH]c2ccccc12)NC1CCC(c2ccc3ccccc3c2)(N(C)C)CC1. The van der Waals surface area contributed by atoms with Gasteiger partial charge in [-0.3, -0.25) is 4.90 Å². The summed E-state index contributed by atoms with van der Waals surface area (Å²) in [4.78, 5) is 5.88. The van der Waals surface area contributed by atoms with Gasteiger partial charge in [0.25, 0.3) is 0 Å². The van der Waals surface area contributed by atoms with Gasteiger partial charge in [-0.1, -0.05) is 54.6 Å². The highest BCUT2D eigenvalue weighted by atomic mass is 15.1. The molecule has 2 N–H and O–H groups in total. The Labute approximate surface area is 191 Å². The Morgan fingerprint density at radius 1 is 0.969 bits per heavy atom. The first-order valence-electron chi connectivity index (χ1n) is 12.0. The van der Waals surface area contributed by atoms with Crippen molar-refractivity contribution in [3.63, 3.8) is 0 Å². The molecule has 1 unspecified atom stereocenters. The number of nitrogens with zero attached hydrogens (tertiary/aromatic N) is 1. The average molecular weight is 426 g/mol. The van der Waals surface area contributed by atoms with Gasteiger partial charge in [0.05, 0.1) is 0 Å². The molecule has 5 rings (SSSR count). The highest BCUT2D eigenvalue weighted by Crippen LogP contribution is 2.42. The highest BCUT2D eigenvalue weighted by Gasteiger charge is 2.39. The van der Waals surface area contributed by atoms with Crippen molar-refractivity contribution < 1.29 is 0 Å². The van der Waals surface area contributed by atoms with Crippen LogP contribution in [0.1, 0.15) is 43.7 Å². The summed E-state index contributed by atoms with van der Waals surface area (Å²) in [5.41, 5.74) is 4.24. The second-order valence-electron chi connectivity index (χ2n) is 9.89. The number of fused-ring (bicyclic) bond motifs is 2. The van der Waals surface area contributed by atoms with Crippen molar-refractivity contribution in [3.05, 3.63) is 84.1 Å². The maximum Gasteiger partial charge on any atom is 0.0456 e. The number of hydrogen-bond donors (Lipinski definition) is 2. The fourth-order valence-corrected chi connectivity index (χ4v) is 5.83. The van der Waals surface area contributed by atoms with Crippen molar-refractivity contribution in [2.24, 2.45) is 0 Å². The summed E-state index contributed by atoms with van der Waals surface area (Å²) in [5, 5.41) is 7.97. The van der Waals surface area contributed by atoms with Crippen molar-refractivity contribution in [1.82, 2.24) is 15.2 Å². The Kier molecular flexibility index (Phi) is 5.79. The first-order valence-corrected chi connectivity index (χ1v) is 12.0. The molecule has 0 amide bonds. The van der Waals surface area contributed by atoms with Crippen LogP contribution in [-0.2, 0) is 12.0 Å². The zero-order chi connectivity index (χ0) is 22.1. The molecule has 3 heteroatoms. The molecule has 32 heavy (non-hydrogen) atoms.